The van der Waals surface area contributed by atoms with Crippen LogP contribution >= 0.6 is 0 Å². The summed E-state index contributed by atoms with van der Waals surface area (Å²) in [5, 5.41) is 0. The van der Waals surface area contributed by atoms with Gasteiger partial charge < -0.3 is 14.2 Å². The Kier molecular flexibility index (Phi) is 3.42. The zero-order chi connectivity index (χ0) is 14.3. The van der Waals surface area contributed by atoms with Gasteiger partial charge in [-0.3, -0.25) is 0 Å². The molecule has 4 heteroatoms. The summed E-state index contributed by atoms with van der Waals surface area (Å²) in [6.45, 7) is 6.61. The van der Waals surface area contributed by atoms with E-state index in [2.05, 4.69) is 42.7 Å². The van der Waals surface area contributed by atoms with Crippen LogP contribution in [0.15, 0.2) is 28.7 Å². The Morgan fingerprint density at radius 1 is 1.25 bits per heavy atom. The lowest BCUT2D eigenvalue weighted by atomic mass is 9.91. The number of nitrogens with zero attached hydrogens (tertiary/aromatic N) is 3. The van der Waals surface area contributed by atoms with E-state index in [4.69, 9.17) is 4.42 Å². The van der Waals surface area contributed by atoms with E-state index in [1.807, 2.05) is 24.3 Å². The lowest BCUT2D eigenvalue weighted by molar-refractivity contribution is 0.216. The highest BCUT2D eigenvalue weighted by atomic mass is 16.4. The molecule has 0 N–H and O–H groups in total. The highest BCUT2D eigenvalue weighted by Crippen LogP contribution is 2.31. The van der Waals surface area contributed by atoms with E-state index >= 15 is 0 Å². The average molecular weight is 273 g/mol. The smallest absolute Gasteiger partial charge is 0.298 e. The molecule has 0 bridgehead atoms. The molecule has 4 nitrogen and oxygen atoms in total. The maximum atomic E-state index is 5.90. The molecule has 1 aromatic heterocycles. The molecule has 1 aliphatic heterocycles. The van der Waals surface area contributed by atoms with E-state index in [1.165, 1.54) is 0 Å². The summed E-state index contributed by atoms with van der Waals surface area (Å²) in [4.78, 5) is 9.24. The number of hydrogen-bond donors (Lipinski definition) is 0. The Bertz CT molecular complexity index is 541. The van der Waals surface area contributed by atoms with Crippen LogP contribution in [-0.2, 0) is 0 Å². The van der Waals surface area contributed by atoms with Gasteiger partial charge in [0.1, 0.15) is 5.52 Å². The van der Waals surface area contributed by atoms with Crippen LogP contribution in [0.2, 0.25) is 0 Å². The molecule has 1 aliphatic rings. The second kappa shape index (κ2) is 5.09. The quantitative estimate of drug-likeness (QED) is 0.861. The van der Waals surface area contributed by atoms with Gasteiger partial charge in [0.25, 0.3) is 6.01 Å². The first kappa shape index (κ1) is 13.4. The van der Waals surface area contributed by atoms with Crippen LogP contribution in [0, 0.1) is 11.8 Å². The fraction of sp³-hybridized carbons (Fsp3) is 0.562. The summed E-state index contributed by atoms with van der Waals surface area (Å²) < 4.78 is 5.90. The largest absolute Gasteiger partial charge is 0.423 e. The van der Waals surface area contributed by atoms with Crippen molar-refractivity contribution in [2.45, 2.75) is 19.9 Å². The van der Waals surface area contributed by atoms with E-state index in [-0.39, 0.29) is 0 Å². The third kappa shape index (κ3) is 2.29. The minimum Gasteiger partial charge on any atom is -0.423 e. The molecule has 1 saturated heterocycles. The lowest BCUT2D eigenvalue weighted by Gasteiger charge is -2.27. The Hall–Kier alpha value is -1.55. The molecule has 2 heterocycles. The van der Waals surface area contributed by atoms with Crippen molar-refractivity contribution in [1.82, 2.24) is 9.88 Å². The van der Waals surface area contributed by atoms with Crippen molar-refractivity contribution in [3.8, 4) is 0 Å². The van der Waals surface area contributed by atoms with Gasteiger partial charge in [-0.2, -0.15) is 4.98 Å². The molecule has 2 aromatic rings. The number of benzene rings is 1. The monoisotopic (exact) mass is 273 g/mol. The van der Waals surface area contributed by atoms with Crippen LogP contribution in [0.25, 0.3) is 11.1 Å². The zero-order valence-electron chi connectivity index (χ0n) is 12.7. The van der Waals surface area contributed by atoms with Crippen LogP contribution in [0.1, 0.15) is 13.8 Å². The van der Waals surface area contributed by atoms with Crippen molar-refractivity contribution in [3.63, 3.8) is 0 Å². The second-order valence-corrected chi connectivity index (χ2v) is 6.31. The molecule has 0 aliphatic carbocycles. The molecule has 3 rings (SSSR count). The molecular weight excluding hydrogens is 250 g/mol. The van der Waals surface area contributed by atoms with Crippen LogP contribution < -0.4 is 4.90 Å². The van der Waals surface area contributed by atoms with Gasteiger partial charge in [0.2, 0.25) is 0 Å². The minimum atomic E-state index is 0.560. The zero-order valence-corrected chi connectivity index (χ0v) is 12.7. The Morgan fingerprint density at radius 2 is 2.00 bits per heavy atom. The first-order chi connectivity index (χ1) is 9.56. The third-order valence-electron chi connectivity index (χ3n) is 4.41. The molecule has 2 atom stereocenters. The number of anilines is 1. The molecule has 20 heavy (non-hydrogen) atoms. The summed E-state index contributed by atoms with van der Waals surface area (Å²) in [7, 11) is 4.32. The summed E-state index contributed by atoms with van der Waals surface area (Å²) in [5.74, 6) is 1.32. The summed E-state index contributed by atoms with van der Waals surface area (Å²) in [6.07, 6.45) is 0. The number of para-hydroxylation sites is 2. The van der Waals surface area contributed by atoms with Gasteiger partial charge >= 0.3 is 0 Å². The van der Waals surface area contributed by atoms with Crippen molar-refractivity contribution in [3.05, 3.63) is 24.3 Å². The Morgan fingerprint density at radius 3 is 2.60 bits per heavy atom. The molecule has 0 amide bonds. The normalized spacial score (nSPS) is 23.4. The highest BCUT2D eigenvalue weighted by Gasteiger charge is 2.37. The van der Waals surface area contributed by atoms with Gasteiger partial charge in [-0.25, -0.2) is 0 Å². The molecule has 0 spiro atoms. The minimum absolute atomic E-state index is 0.560. The number of oxazole rings is 1. The van der Waals surface area contributed by atoms with Crippen molar-refractivity contribution in [2.24, 2.45) is 11.8 Å². The van der Waals surface area contributed by atoms with Crippen LogP contribution in [0.5, 0.6) is 0 Å². The average Bonchev–Trinajstić information content (AvgIpc) is 3.02. The molecule has 0 radical (unpaired) electrons. The Labute approximate surface area is 120 Å². The Balaban J connectivity index is 1.87. The van der Waals surface area contributed by atoms with Crippen LogP contribution in [0.4, 0.5) is 6.01 Å². The van der Waals surface area contributed by atoms with Crippen molar-refractivity contribution in [2.75, 3.05) is 32.1 Å². The molecule has 1 aromatic carbocycles. The molecular formula is C16H23N3O. The van der Waals surface area contributed by atoms with Gasteiger partial charge in [-0.15, -0.1) is 0 Å². The third-order valence-corrected chi connectivity index (χ3v) is 4.41. The standard InChI is InChI=1S/C16H23N3O/c1-11(2)12-9-19(10-14(12)18(3)4)16-17-13-7-5-6-8-15(13)20-16/h5-8,11-12,14H,9-10H2,1-4H3/t12-,14+/m0/s1. The lowest BCUT2D eigenvalue weighted by Crippen LogP contribution is -2.37. The van der Waals surface area contributed by atoms with Crippen LogP contribution in [0.3, 0.4) is 0 Å². The summed E-state index contributed by atoms with van der Waals surface area (Å²) in [6, 6.07) is 9.29. The first-order valence-electron chi connectivity index (χ1n) is 7.33. The molecule has 108 valence electrons. The van der Waals surface area contributed by atoms with Crippen molar-refractivity contribution < 1.29 is 4.42 Å². The fourth-order valence-electron chi connectivity index (χ4n) is 3.16. The predicted octanol–water partition coefficient (Wildman–Crippen LogP) is 2.85. The number of rotatable bonds is 3. The first-order valence-corrected chi connectivity index (χ1v) is 7.33. The number of hydrogen-bond acceptors (Lipinski definition) is 4. The van der Waals surface area contributed by atoms with Gasteiger partial charge in [0.05, 0.1) is 0 Å². The fourth-order valence-corrected chi connectivity index (χ4v) is 3.16. The number of likely N-dealkylation sites (N-methyl/N-ethyl adjacent to an activating group) is 1. The number of aromatic nitrogens is 1. The van der Waals surface area contributed by atoms with E-state index in [0.717, 1.165) is 30.2 Å². The maximum absolute atomic E-state index is 5.90. The topological polar surface area (TPSA) is 32.5 Å². The van der Waals surface area contributed by atoms with Gasteiger partial charge in [-0.05, 0) is 38.1 Å². The summed E-state index contributed by atoms with van der Waals surface area (Å²) >= 11 is 0. The molecule has 1 fully saturated rings. The van der Waals surface area contributed by atoms with E-state index in [0.29, 0.717) is 17.9 Å². The molecule has 0 saturated carbocycles. The second-order valence-electron chi connectivity index (χ2n) is 6.31. The highest BCUT2D eigenvalue weighted by molar-refractivity contribution is 5.74. The van der Waals surface area contributed by atoms with E-state index in [9.17, 15) is 0 Å². The predicted molar refractivity (Wildman–Crippen MR) is 82.0 cm³/mol. The molecule has 0 unspecified atom stereocenters. The van der Waals surface area contributed by atoms with Gasteiger partial charge in [-0.1, -0.05) is 26.0 Å². The van der Waals surface area contributed by atoms with Gasteiger partial charge in [0, 0.05) is 19.1 Å². The van der Waals surface area contributed by atoms with E-state index < -0.39 is 0 Å². The van der Waals surface area contributed by atoms with Crippen molar-refractivity contribution >= 4 is 17.1 Å². The van der Waals surface area contributed by atoms with Crippen LogP contribution in [-0.4, -0.2) is 43.1 Å². The van der Waals surface area contributed by atoms with Gasteiger partial charge in [0.15, 0.2) is 5.58 Å². The summed E-state index contributed by atoms with van der Waals surface area (Å²) in [5.41, 5.74) is 1.81. The number of fused-ring (bicyclic) bond motifs is 1. The SMILES string of the molecule is CC(C)[C@@H]1CN(c2nc3ccccc3o2)C[C@H]1N(C)C. The van der Waals surface area contributed by atoms with Crippen molar-refractivity contribution in [1.29, 1.82) is 0 Å². The maximum Gasteiger partial charge on any atom is 0.298 e. The van der Waals surface area contributed by atoms with E-state index in [1.54, 1.807) is 0 Å².